The van der Waals surface area contributed by atoms with Crippen LogP contribution in [0.4, 0.5) is 0 Å². The van der Waals surface area contributed by atoms with Crippen LogP contribution in [0.15, 0.2) is 12.4 Å². The average molecular weight is 191 g/mol. The SMILES string of the molecule is Cc1cnc2c(C(=O)O)cn(C)c2n1. The number of rotatable bonds is 1. The summed E-state index contributed by atoms with van der Waals surface area (Å²) in [6, 6.07) is 0. The zero-order chi connectivity index (χ0) is 10.3. The van der Waals surface area contributed by atoms with Gasteiger partial charge in [-0.1, -0.05) is 0 Å². The maximum Gasteiger partial charge on any atom is 0.339 e. The fraction of sp³-hybridized carbons (Fsp3) is 0.222. The van der Waals surface area contributed by atoms with Gasteiger partial charge >= 0.3 is 5.97 Å². The van der Waals surface area contributed by atoms with E-state index in [9.17, 15) is 4.79 Å². The summed E-state index contributed by atoms with van der Waals surface area (Å²) in [6.45, 7) is 1.82. The molecule has 0 fully saturated rings. The van der Waals surface area contributed by atoms with Crippen molar-refractivity contribution >= 4 is 17.1 Å². The first kappa shape index (κ1) is 8.68. The largest absolute Gasteiger partial charge is 0.478 e. The summed E-state index contributed by atoms with van der Waals surface area (Å²) in [7, 11) is 1.75. The molecule has 0 atom stereocenters. The van der Waals surface area contributed by atoms with Crippen molar-refractivity contribution in [2.45, 2.75) is 6.92 Å². The van der Waals surface area contributed by atoms with Crippen LogP contribution >= 0.6 is 0 Å². The predicted molar refractivity (Wildman–Crippen MR) is 50.2 cm³/mol. The van der Waals surface area contributed by atoms with Gasteiger partial charge in [-0.05, 0) is 6.92 Å². The van der Waals surface area contributed by atoms with E-state index in [0.29, 0.717) is 11.2 Å². The standard InChI is InChI=1S/C9H9N3O2/c1-5-3-10-7-6(9(13)14)4-12(2)8(7)11-5/h3-4H,1-2H3,(H,13,14). The lowest BCUT2D eigenvalue weighted by atomic mass is 10.3. The predicted octanol–water partition coefficient (Wildman–Crippen LogP) is 0.975. The average Bonchev–Trinajstić information content (AvgIpc) is 2.44. The first-order valence-corrected chi connectivity index (χ1v) is 4.11. The van der Waals surface area contributed by atoms with Crippen molar-refractivity contribution in [2.24, 2.45) is 7.05 Å². The highest BCUT2D eigenvalue weighted by Gasteiger charge is 2.14. The molecule has 0 saturated heterocycles. The number of aromatic nitrogens is 3. The second-order valence-corrected chi connectivity index (χ2v) is 3.14. The molecule has 0 bridgehead atoms. The Morgan fingerprint density at radius 2 is 2.29 bits per heavy atom. The number of aryl methyl sites for hydroxylation is 2. The molecule has 0 aliphatic carbocycles. The van der Waals surface area contributed by atoms with Crippen LogP contribution in [0.1, 0.15) is 16.1 Å². The molecule has 1 N–H and O–H groups in total. The summed E-state index contributed by atoms with van der Waals surface area (Å²) < 4.78 is 1.67. The van der Waals surface area contributed by atoms with Crippen molar-refractivity contribution in [2.75, 3.05) is 0 Å². The summed E-state index contributed by atoms with van der Waals surface area (Å²) in [4.78, 5) is 19.1. The summed E-state index contributed by atoms with van der Waals surface area (Å²) >= 11 is 0. The second-order valence-electron chi connectivity index (χ2n) is 3.14. The van der Waals surface area contributed by atoms with Gasteiger partial charge < -0.3 is 9.67 Å². The van der Waals surface area contributed by atoms with Crippen LogP contribution in [0.25, 0.3) is 11.2 Å². The van der Waals surface area contributed by atoms with Crippen LogP contribution in [0.5, 0.6) is 0 Å². The number of nitrogens with zero attached hydrogens (tertiary/aromatic N) is 3. The quantitative estimate of drug-likeness (QED) is 0.729. The van der Waals surface area contributed by atoms with Crippen LogP contribution in [-0.2, 0) is 7.05 Å². The van der Waals surface area contributed by atoms with Gasteiger partial charge in [-0.15, -0.1) is 0 Å². The highest BCUT2D eigenvalue weighted by Crippen LogP contribution is 2.16. The van der Waals surface area contributed by atoms with Crippen molar-refractivity contribution < 1.29 is 9.90 Å². The summed E-state index contributed by atoms with van der Waals surface area (Å²) in [5.41, 5.74) is 2.00. The molecule has 0 spiro atoms. The maximum absolute atomic E-state index is 10.8. The fourth-order valence-corrected chi connectivity index (χ4v) is 1.37. The minimum absolute atomic E-state index is 0.190. The molecule has 2 heterocycles. The van der Waals surface area contributed by atoms with Crippen molar-refractivity contribution in [3.05, 3.63) is 23.7 Å². The Morgan fingerprint density at radius 3 is 2.93 bits per heavy atom. The Labute approximate surface area is 80.0 Å². The van der Waals surface area contributed by atoms with Gasteiger partial charge in [0.1, 0.15) is 11.1 Å². The van der Waals surface area contributed by atoms with Gasteiger partial charge in [0, 0.05) is 19.4 Å². The Bertz CT molecular complexity index is 516. The number of aromatic carboxylic acids is 1. The van der Waals surface area contributed by atoms with Crippen LogP contribution in [0, 0.1) is 6.92 Å². The molecular formula is C9H9N3O2. The number of carboxylic acid groups (broad SMARTS) is 1. The lowest BCUT2D eigenvalue weighted by molar-refractivity contribution is 0.0698. The smallest absolute Gasteiger partial charge is 0.339 e. The lowest BCUT2D eigenvalue weighted by Crippen LogP contribution is -1.95. The minimum atomic E-state index is -0.978. The molecule has 2 aromatic heterocycles. The Hall–Kier alpha value is -1.91. The molecule has 0 aliphatic heterocycles. The van der Waals surface area contributed by atoms with Crippen LogP contribution in [0.2, 0.25) is 0 Å². The van der Waals surface area contributed by atoms with E-state index in [4.69, 9.17) is 5.11 Å². The first-order chi connectivity index (χ1) is 6.59. The number of carbonyl (C=O) groups is 1. The van der Waals surface area contributed by atoms with Crippen molar-refractivity contribution in [3.63, 3.8) is 0 Å². The maximum atomic E-state index is 10.8. The molecular weight excluding hydrogens is 182 g/mol. The molecule has 2 aromatic rings. The summed E-state index contributed by atoms with van der Waals surface area (Å²) in [6.07, 6.45) is 3.08. The minimum Gasteiger partial charge on any atom is -0.478 e. The van der Waals surface area contributed by atoms with Gasteiger partial charge in [0.15, 0.2) is 5.65 Å². The third-order valence-electron chi connectivity index (χ3n) is 2.02. The van der Waals surface area contributed by atoms with E-state index in [2.05, 4.69) is 9.97 Å². The monoisotopic (exact) mass is 191 g/mol. The van der Waals surface area contributed by atoms with E-state index in [1.165, 1.54) is 6.20 Å². The molecule has 5 heteroatoms. The molecule has 0 unspecified atom stereocenters. The topological polar surface area (TPSA) is 68.0 Å². The zero-order valence-electron chi connectivity index (χ0n) is 7.85. The normalized spacial score (nSPS) is 10.7. The van der Waals surface area contributed by atoms with Gasteiger partial charge in [-0.25, -0.2) is 9.78 Å². The van der Waals surface area contributed by atoms with Gasteiger partial charge in [-0.2, -0.15) is 0 Å². The Balaban J connectivity index is 2.84. The van der Waals surface area contributed by atoms with E-state index in [1.54, 1.807) is 17.8 Å². The molecule has 72 valence electrons. The summed E-state index contributed by atoms with van der Waals surface area (Å²) in [5.74, 6) is -0.978. The van der Waals surface area contributed by atoms with Gasteiger partial charge in [0.25, 0.3) is 0 Å². The third-order valence-corrected chi connectivity index (χ3v) is 2.02. The third kappa shape index (κ3) is 1.14. The van der Waals surface area contributed by atoms with Crippen LogP contribution in [-0.4, -0.2) is 25.6 Å². The molecule has 0 aliphatic rings. The van der Waals surface area contributed by atoms with Crippen LogP contribution in [0.3, 0.4) is 0 Å². The van der Waals surface area contributed by atoms with E-state index in [0.717, 1.165) is 5.69 Å². The number of hydrogen-bond acceptors (Lipinski definition) is 3. The Morgan fingerprint density at radius 1 is 1.57 bits per heavy atom. The molecule has 0 aromatic carbocycles. The molecule has 0 saturated carbocycles. The molecule has 14 heavy (non-hydrogen) atoms. The van der Waals surface area contributed by atoms with Crippen molar-refractivity contribution in [1.29, 1.82) is 0 Å². The molecule has 5 nitrogen and oxygen atoms in total. The molecule has 0 radical (unpaired) electrons. The Kier molecular flexibility index (Phi) is 1.73. The van der Waals surface area contributed by atoms with E-state index < -0.39 is 5.97 Å². The highest BCUT2D eigenvalue weighted by atomic mass is 16.4. The van der Waals surface area contributed by atoms with Crippen molar-refractivity contribution in [3.8, 4) is 0 Å². The molecule has 2 rings (SSSR count). The van der Waals surface area contributed by atoms with Gasteiger partial charge in [-0.3, -0.25) is 4.98 Å². The second kappa shape index (κ2) is 2.80. The van der Waals surface area contributed by atoms with Gasteiger partial charge in [0.2, 0.25) is 0 Å². The summed E-state index contributed by atoms with van der Waals surface area (Å²) in [5, 5.41) is 8.88. The lowest BCUT2D eigenvalue weighted by Gasteiger charge is -1.95. The van der Waals surface area contributed by atoms with E-state index in [1.807, 2.05) is 6.92 Å². The van der Waals surface area contributed by atoms with Crippen LogP contribution < -0.4 is 0 Å². The first-order valence-electron chi connectivity index (χ1n) is 4.11. The van der Waals surface area contributed by atoms with Gasteiger partial charge in [0.05, 0.1) is 5.69 Å². The van der Waals surface area contributed by atoms with Crippen molar-refractivity contribution in [1.82, 2.24) is 14.5 Å². The number of fused-ring (bicyclic) bond motifs is 1. The number of carboxylic acids is 1. The fourth-order valence-electron chi connectivity index (χ4n) is 1.37. The molecule has 0 amide bonds. The highest BCUT2D eigenvalue weighted by molar-refractivity contribution is 6.00. The number of hydrogen-bond donors (Lipinski definition) is 1. The van der Waals surface area contributed by atoms with E-state index >= 15 is 0 Å². The zero-order valence-corrected chi connectivity index (χ0v) is 7.85. The van der Waals surface area contributed by atoms with E-state index in [-0.39, 0.29) is 5.56 Å².